The summed E-state index contributed by atoms with van der Waals surface area (Å²) >= 11 is 0. The van der Waals surface area contributed by atoms with Crippen molar-refractivity contribution < 1.29 is 4.74 Å². The van der Waals surface area contributed by atoms with Crippen LogP contribution in [-0.4, -0.2) is 26.9 Å². The smallest absolute Gasteiger partial charge is 0.222 e. The fourth-order valence-corrected chi connectivity index (χ4v) is 2.30. The predicted molar refractivity (Wildman–Crippen MR) is 74.1 cm³/mol. The van der Waals surface area contributed by atoms with Gasteiger partial charge in [-0.1, -0.05) is 6.92 Å². The molecule has 19 heavy (non-hydrogen) atoms. The normalized spacial score (nSPS) is 10.8. The molecule has 0 atom stereocenters. The van der Waals surface area contributed by atoms with E-state index < -0.39 is 0 Å². The molecule has 2 aromatic heterocycles. The lowest BCUT2D eigenvalue weighted by Crippen LogP contribution is -2.05. The minimum absolute atomic E-state index is 0.523. The lowest BCUT2D eigenvalue weighted by atomic mass is 10.1. The predicted octanol–water partition coefficient (Wildman–Crippen LogP) is 1.65. The highest BCUT2D eigenvalue weighted by Gasteiger charge is 2.20. The van der Waals surface area contributed by atoms with Crippen LogP contribution in [0.15, 0.2) is 0 Å². The van der Waals surface area contributed by atoms with Crippen LogP contribution in [0.1, 0.15) is 23.9 Å². The van der Waals surface area contributed by atoms with Gasteiger partial charge in [-0.25, -0.2) is 14.6 Å². The SMILES string of the molecule is CCc1c(C)nc(-c2c(C)nn(C)c2OC)nc1N. The molecule has 102 valence electrons. The van der Waals surface area contributed by atoms with Crippen molar-refractivity contribution in [3.05, 3.63) is 17.0 Å². The summed E-state index contributed by atoms with van der Waals surface area (Å²) in [6.07, 6.45) is 0.821. The average molecular weight is 261 g/mol. The second-order valence-electron chi connectivity index (χ2n) is 4.44. The van der Waals surface area contributed by atoms with E-state index in [1.165, 1.54) is 0 Å². The summed E-state index contributed by atoms with van der Waals surface area (Å²) in [5.74, 6) is 1.73. The summed E-state index contributed by atoms with van der Waals surface area (Å²) in [4.78, 5) is 8.92. The van der Waals surface area contributed by atoms with Gasteiger partial charge in [0.25, 0.3) is 0 Å². The number of aryl methyl sites for hydroxylation is 3. The zero-order chi connectivity index (χ0) is 14.2. The highest BCUT2D eigenvalue weighted by molar-refractivity contribution is 5.67. The van der Waals surface area contributed by atoms with E-state index in [2.05, 4.69) is 15.1 Å². The Morgan fingerprint density at radius 2 is 1.89 bits per heavy atom. The molecule has 0 saturated heterocycles. The summed E-state index contributed by atoms with van der Waals surface area (Å²) in [7, 11) is 3.43. The molecule has 0 saturated carbocycles. The lowest BCUT2D eigenvalue weighted by molar-refractivity contribution is 0.374. The molecule has 0 fully saturated rings. The third-order valence-electron chi connectivity index (χ3n) is 3.19. The molecule has 2 rings (SSSR count). The van der Waals surface area contributed by atoms with E-state index in [0.717, 1.165) is 28.9 Å². The van der Waals surface area contributed by atoms with Crippen molar-refractivity contribution in [1.82, 2.24) is 19.7 Å². The van der Waals surface area contributed by atoms with E-state index in [4.69, 9.17) is 10.5 Å². The Bertz CT molecular complexity index is 595. The number of nitrogens with two attached hydrogens (primary N) is 1. The van der Waals surface area contributed by atoms with Gasteiger partial charge < -0.3 is 10.5 Å². The minimum Gasteiger partial charge on any atom is -0.481 e. The Hall–Kier alpha value is -2.11. The quantitative estimate of drug-likeness (QED) is 0.908. The van der Waals surface area contributed by atoms with Gasteiger partial charge in [-0.2, -0.15) is 5.10 Å². The maximum absolute atomic E-state index is 6.00. The second-order valence-corrected chi connectivity index (χ2v) is 4.44. The molecule has 2 N–H and O–H groups in total. The molecule has 2 heterocycles. The number of rotatable bonds is 3. The summed E-state index contributed by atoms with van der Waals surface area (Å²) in [5, 5.41) is 4.33. The molecular weight excluding hydrogens is 242 g/mol. The molecule has 6 nitrogen and oxygen atoms in total. The van der Waals surface area contributed by atoms with Crippen molar-refractivity contribution in [2.75, 3.05) is 12.8 Å². The first-order chi connectivity index (χ1) is 8.99. The fourth-order valence-electron chi connectivity index (χ4n) is 2.30. The Balaban J connectivity index is 2.66. The van der Waals surface area contributed by atoms with Crippen LogP contribution in [0, 0.1) is 13.8 Å². The van der Waals surface area contributed by atoms with Crippen molar-refractivity contribution in [3.63, 3.8) is 0 Å². The zero-order valence-electron chi connectivity index (χ0n) is 12.0. The lowest BCUT2D eigenvalue weighted by Gasteiger charge is -2.09. The molecule has 0 aliphatic rings. The van der Waals surface area contributed by atoms with E-state index >= 15 is 0 Å². The van der Waals surface area contributed by atoms with E-state index in [-0.39, 0.29) is 0 Å². The van der Waals surface area contributed by atoms with Gasteiger partial charge in [0.1, 0.15) is 11.4 Å². The maximum atomic E-state index is 6.00. The molecule has 0 unspecified atom stereocenters. The van der Waals surface area contributed by atoms with Crippen LogP contribution < -0.4 is 10.5 Å². The highest BCUT2D eigenvalue weighted by atomic mass is 16.5. The molecule has 0 aliphatic carbocycles. The fraction of sp³-hybridized carbons (Fsp3) is 0.462. The average Bonchev–Trinajstić information content (AvgIpc) is 2.62. The minimum atomic E-state index is 0.523. The van der Waals surface area contributed by atoms with Crippen molar-refractivity contribution in [1.29, 1.82) is 0 Å². The van der Waals surface area contributed by atoms with Gasteiger partial charge in [0.15, 0.2) is 5.82 Å². The molecule has 0 aliphatic heterocycles. The Morgan fingerprint density at radius 1 is 1.21 bits per heavy atom. The van der Waals surface area contributed by atoms with Crippen molar-refractivity contribution in [2.45, 2.75) is 27.2 Å². The van der Waals surface area contributed by atoms with Crippen LogP contribution in [0.5, 0.6) is 5.88 Å². The van der Waals surface area contributed by atoms with E-state index in [0.29, 0.717) is 17.5 Å². The standard InChI is InChI=1S/C13H19N5O/c1-6-9-7(2)15-12(16-11(9)14)10-8(3)17-18(4)13(10)19-5/h6H2,1-5H3,(H2,14,15,16). The largest absolute Gasteiger partial charge is 0.481 e. The zero-order valence-corrected chi connectivity index (χ0v) is 12.0. The van der Waals surface area contributed by atoms with Gasteiger partial charge in [0, 0.05) is 18.3 Å². The van der Waals surface area contributed by atoms with Crippen molar-refractivity contribution in [3.8, 4) is 17.3 Å². The molecule has 0 bridgehead atoms. The number of aromatic nitrogens is 4. The first-order valence-corrected chi connectivity index (χ1v) is 6.20. The van der Waals surface area contributed by atoms with Gasteiger partial charge in [-0.3, -0.25) is 0 Å². The second kappa shape index (κ2) is 4.87. The molecule has 6 heteroatoms. The molecule has 0 radical (unpaired) electrons. The number of anilines is 1. The number of nitrogens with zero attached hydrogens (tertiary/aromatic N) is 4. The number of methoxy groups -OCH3 is 1. The summed E-state index contributed by atoms with van der Waals surface area (Å²) in [6.45, 7) is 5.89. The molecule has 0 spiro atoms. The molecule has 2 aromatic rings. The topological polar surface area (TPSA) is 78.8 Å². The maximum Gasteiger partial charge on any atom is 0.222 e. The third-order valence-corrected chi connectivity index (χ3v) is 3.19. The van der Waals surface area contributed by atoms with Gasteiger partial charge in [-0.15, -0.1) is 0 Å². The number of ether oxygens (including phenoxy) is 1. The van der Waals surface area contributed by atoms with E-state index in [1.807, 2.05) is 27.8 Å². The molecule has 0 amide bonds. The van der Waals surface area contributed by atoms with Gasteiger partial charge >= 0.3 is 0 Å². The van der Waals surface area contributed by atoms with E-state index in [1.54, 1.807) is 11.8 Å². The van der Waals surface area contributed by atoms with E-state index in [9.17, 15) is 0 Å². The summed E-state index contributed by atoms with van der Waals surface area (Å²) in [6, 6.07) is 0. The van der Waals surface area contributed by atoms with Crippen LogP contribution in [0.25, 0.3) is 11.4 Å². The van der Waals surface area contributed by atoms with Gasteiger partial charge in [-0.05, 0) is 20.3 Å². The third kappa shape index (κ3) is 2.14. The molecular formula is C13H19N5O. The van der Waals surface area contributed by atoms with Gasteiger partial charge in [0.05, 0.1) is 12.8 Å². The summed E-state index contributed by atoms with van der Waals surface area (Å²) < 4.78 is 7.04. The Morgan fingerprint density at radius 3 is 2.42 bits per heavy atom. The van der Waals surface area contributed by atoms with Crippen LogP contribution in [0.4, 0.5) is 5.82 Å². The van der Waals surface area contributed by atoms with Gasteiger partial charge in [0.2, 0.25) is 5.88 Å². The Kier molecular flexibility index (Phi) is 3.42. The van der Waals surface area contributed by atoms with Crippen molar-refractivity contribution >= 4 is 5.82 Å². The van der Waals surface area contributed by atoms with Crippen LogP contribution >= 0.6 is 0 Å². The highest BCUT2D eigenvalue weighted by Crippen LogP contribution is 2.31. The van der Waals surface area contributed by atoms with Crippen LogP contribution in [-0.2, 0) is 13.5 Å². The van der Waals surface area contributed by atoms with Crippen LogP contribution in [0.3, 0.4) is 0 Å². The van der Waals surface area contributed by atoms with Crippen LogP contribution in [0.2, 0.25) is 0 Å². The van der Waals surface area contributed by atoms with Crippen molar-refractivity contribution in [2.24, 2.45) is 7.05 Å². The molecule has 0 aromatic carbocycles. The number of hydrogen-bond acceptors (Lipinski definition) is 5. The Labute approximate surface area is 112 Å². The summed E-state index contributed by atoms with van der Waals surface area (Å²) in [5.41, 5.74) is 9.50. The number of nitrogen functional groups attached to an aromatic ring is 1. The first kappa shape index (κ1) is 13.3. The monoisotopic (exact) mass is 261 g/mol. The number of hydrogen-bond donors (Lipinski definition) is 1. The first-order valence-electron chi connectivity index (χ1n) is 6.20.